The maximum atomic E-state index is 4.18. The van der Waals surface area contributed by atoms with Crippen LogP contribution in [0.5, 0.6) is 0 Å². The van der Waals surface area contributed by atoms with E-state index in [0.29, 0.717) is 5.82 Å². The summed E-state index contributed by atoms with van der Waals surface area (Å²) in [6.45, 7) is 5.65. The molecule has 0 radical (unpaired) electrons. The molecule has 0 spiro atoms. The molecule has 0 atom stereocenters. The second-order valence-electron chi connectivity index (χ2n) is 1.96. The molecule has 0 saturated carbocycles. The molecule has 2 heteroatoms. The normalized spacial score (nSPS) is 9.30. The molecular formula is C8H10N2. The molecule has 1 heterocycles. The van der Waals surface area contributed by atoms with Crippen LogP contribution in [0.25, 0.3) is 6.08 Å². The van der Waals surface area contributed by atoms with Gasteiger partial charge in [-0.3, -0.25) is 0 Å². The second kappa shape index (κ2) is 3.11. The summed E-state index contributed by atoms with van der Waals surface area (Å²) >= 11 is 0. The third kappa shape index (κ3) is 1.41. The highest BCUT2D eigenvalue weighted by Gasteiger charge is 1.90. The van der Waals surface area contributed by atoms with E-state index in [0.717, 1.165) is 12.1 Å². The van der Waals surface area contributed by atoms with Crippen LogP contribution in [0.15, 0.2) is 18.8 Å². The number of hydrogen-bond acceptors (Lipinski definition) is 2. The minimum atomic E-state index is 0.708. The fourth-order valence-electron chi connectivity index (χ4n) is 0.708. The Labute approximate surface area is 60.6 Å². The van der Waals surface area contributed by atoms with Gasteiger partial charge in [-0.05, 0) is 18.6 Å². The molecule has 1 rings (SSSR count). The van der Waals surface area contributed by atoms with Crippen LogP contribution < -0.4 is 0 Å². The highest BCUT2D eigenvalue weighted by molar-refractivity contribution is 5.35. The summed E-state index contributed by atoms with van der Waals surface area (Å²) < 4.78 is 0. The van der Waals surface area contributed by atoms with Crippen molar-refractivity contribution in [1.29, 1.82) is 0 Å². The molecule has 0 aliphatic rings. The number of aryl methyl sites for hydroxylation is 1. The summed E-state index contributed by atoms with van der Waals surface area (Å²) in [5.74, 6) is 0.708. The largest absolute Gasteiger partial charge is 0.237 e. The monoisotopic (exact) mass is 134 g/mol. The van der Waals surface area contributed by atoms with Crippen molar-refractivity contribution in [2.75, 3.05) is 0 Å². The van der Waals surface area contributed by atoms with Gasteiger partial charge >= 0.3 is 0 Å². The quantitative estimate of drug-likeness (QED) is 0.615. The molecule has 0 fully saturated rings. The Morgan fingerprint density at radius 1 is 1.70 bits per heavy atom. The van der Waals surface area contributed by atoms with Crippen LogP contribution >= 0.6 is 0 Å². The van der Waals surface area contributed by atoms with Gasteiger partial charge in [0.1, 0.15) is 0 Å². The zero-order chi connectivity index (χ0) is 7.40. The predicted molar refractivity (Wildman–Crippen MR) is 41.5 cm³/mol. The predicted octanol–water partition coefficient (Wildman–Crippen LogP) is 1.68. The minimum absolute atomic E-state index is 0.708. The van der Waals surface area contributed by atoms with E-state index < -0.39 is 0 Å². The molecule has 0 N–H and O–H groups in total. The van der Waals surface area contributed by atoms with Gasteiger partial charge in [-0.25, -0.2) is 9.97 Å². The van der Waals surface area contributed by atoms with E-state index in [1.54, 1.807) is 12.3 Å². The third-order valence-electron chi connectivity index (χ3n) is 1.28. The standard InChI is InChI=1S/C8H10N2/c1-3-7-5-6-9-8(4-2)10-7/h4-6H,2-3H2,1H3. The molecule has 0 amide bonds. The summed E-state index contributed by atoms with van der Waals surface area (Å²) in [7, 11) is 0. The first kappa shape index (κ1) is 6.93. The molecule has 0 unspecified atom stereocenters. The molecule has 0 saturated heterocycles. The van der Waals surface area contributed by atoms with Gasteiger partial charge in [0.15, 0.2) is 5.82 Å². The highest BCUT2D eigenvalue weighted by Crippen LogP contribution is 1.96. The van der Waals surface area contributed by atoms with E-state index in [1.165, 1.54) is 0 Å². The lowest BCUT2D eigenvalue weighted by atomic mass is 10.3. The maximum absolute atomic E-state index is 4.18. The van der Waals surface area contributed by atoms with Crippen molar-refractivity contribution < 1.29 is 0 Å². The van der Waals surface area contributed by atoms with Gasteiger partial charge in [-0.2, -0.15) is 0 Å². The molecule has 0 aliphatic carbocycles. The molecule has 0 aromatic carbocycles. The van der Waals surface area contributed by atoms with Crippen molar-refractivity contribution in [1.82, 2.24) is 9.97 Å². The maximum Gasteiger partial charge on any atom is 0.151 e. The van der Waals surface area contributed by atoms with Crippen LogP contribution in [0.1, 0.15) is 18.4 Å². The third-order valence-corrected chi connectivity index (χ3v) is 1.28. The Hall–Kier alpha value is -1.18. The molecular weight excluding hydrogens is 124 g/mol. The van der Waals surface area contributed by atoms with Gasteiger partial charge in [0.2, 0.25) is 0 Å². The lowest BCUT2D eigenvalue weighted by Gasteiger charge is -1.94. The topological polar surface area (TPSA) is 25.8 Å². The van der Waals surface area contributed by atoms with Crippen molar-refractivity contribution in [2.45, 2.75) is 13.3 Å². The smallest absolute Gasteiger partial charge is 0.151 e. The number of aromatic nitrogens is 2. The molecule has 52 valence electrons. The van der Waals surface area contributed by atoms with Crippen molar-refractivity contribution in [3.8, 4) is 0 Å². The lowest BCUT2D eigenvalue weighted by molar-refractivity contribution is 0.986. The van der Waals surface area contributed by atoms with Gasteiger partial charge in [0.25, 0.3) is 0 Å². The van der Waals surface area contributed by atoms with E-state index in [4.69, 9.17) is 0 Å². The number of rotatable bonds is 2. The zero-order valence-corrected chi connectivity index (χ0v) is 6.04. The first-order chi connectivity index (χ1) is 4.86. The van der Waals surface area contributed by atoms with Crippen molar-refractivity contribution in [3.63, 3.8) is 0 Å². The number of hydrogen-bond donors (Lipinski definition) is 0. The van der Waals surface area contributed by atoms with Crippen LogP contribution in [0.3, 0.4) is 0 Å². The summed E-state index contributed by atoms with van der Waals surface area (Å²) in [6.07, 6.45) is 4.35. The minimum Gasteiger partial charge on any atom is -0.237 e. The van der Waals surface area contributed by atoms with E-state index in [2.05, 4.69) is 23.5 Å². The molecule has 0 aliphatic heterocycles. The number of nitrogens with zero attached hydrogens (tertiary/aromatic N) is 2. The van der Waals surface area contributed by atoms with E-state index >= 15 is 0 Å². The SMILES string of the molecule is C=Cc1nccc(CC)n1. The first-order valence-electron chi connectivity index (χ1n) is 3.31. The van der Waals surface area contributed by atoms with E-state index in [-0.39, 0.29) is 0 Å². The van der Waals surface area contributed by atoms with Crippen LogP contribution in [0.2, 0.25) is 0 Å². The molecule has 10 heavy (non-hydrogen) atoms. The van der Waals surface area contributed by atoms with Crippen LogP contribution in [0.4, 0.5) is 0 Å². The van der Waals surface area contributed by atoms with E-state index in [1.807, 2.05) is 6.07 Å². The summed E-state index contributed by atoms with van der Waals surface area (Å²) in [4.78, 5) is 8.16. The second-order valence-corrected chi connectivity index (χ2v) is 1.96. The van der Waals surface area contributed by atoms with Gasteiger partial charge in [0, 0.05) is 11.9 Å². The van der Waals surface area contributed by atoms with Crippen molar-refractivity contribution >= 4 is 6.08 Å². The lowest BCUT2D eigenvalue weighted by Crippen LogP contribution is -1.91. The van der Waals surface area contributed by atoms with Gasteiger partial charge in [-0.15, -0.1) is 0 Å². The first-order valence-corrected chi connectivity index (χ1v) is 3.31. The van der Waals surface area contributed by atoms with Gasteiger partial charge in [0.05, 0.1) is 0 Å². The molecule has 0 bridgehead atoms. The fourth-order valence-corrected chi connectivity index (χ4v) is 0.708. The highest BCUT2D eigenvalue weighted by atomic mass is 14.9. The van der Waals surface area contributed by atoms with Crippen LogP contribution in [0, 0.1) is 0 Å². The summed E-state index contributed by atoms with van der Waals surface area (Å²) in [5.41, 5.74) is 1.06. The molecule has 1 aromatic heterocycles. The van der Waals surface area contributed by atoms with Crippen molar-refractivity contribution in [2.24, 2.45) is 0 Å². The Bertz CT molecular complexity index is 230. The fraction of sp³-hybridized carbons (Fsp3) is 0.250. The molecule has 1 aromatic rings. The zero-order valence-electron chi connectivity index (χ0n) is 6.04. The van der Waals surface area contributed by atoms with Gasteiger partial charge < -0.3 is 0 Å². The van der Waals surface area contributed by atoms with Crippen molar-refractivity contribution in [3.05, 3.63) is 30.4 Å². The Morgan fingerprint density at radius 3 is 3.10 bits per heavy atom. The average Bonchev–Trinajstić information content (AvgIpc) is 2.05. The summed E-state index contributed by atoms with van der Waals surface area (Å²) in [5, 5.41) is 0. The van der Waals surface area contributed by atoms with Gasteiger partial charge in [-0.1, -0.05) is 13.5 Å². The Morgan fingerprint density at radius 2 is 2.50 bits per heavy atom. The summed E-state index contributed by atoms with van der Waals surface area (Å²) in [6, 6.07) is 1.91. The van der Waals surface area contributed by atoms with E-state index in [9.17, 15) is 0 Å². The van der Waals surface area contributed by atoms with Crippen LogP contribution in [-0.2, 0) is 6.42 Å². The Balaban J connectivity index is 2.98. The molecule has 2 nitrogen and oxygen atoms in total. The van der Waals surface area contributed by atoms with Crippen LogP contribution in [-0.4, -0.2) is 9.97 Å². The average molecular weight is 134 g/mol. The Kier molecular flexibility index (Phi) is 2.15.